The standard InChI is InChI=1S/C18H20O2S2.C2H6P2S2/c1-19-15-7-3-13(4-8-15)17-11-12-21-18(22-17)14-5-9-16(20-2)10-6-14;5-3-1-4(6)2-3/h3-10,17-18H,11-12H2,1-2H3;3-4H,1-2H2. The number of thioether (sulfide) groups is 2. The van der Waals surface area contributed by atoms with Crippen molar-refractivity contribution in [1.29, 1.82) is 0 Å². The zero-order valence-electron chi connectivity index (χ0n) is 16.1. The lowest BCUT2D eigenvalue weighted by atomic mass is 10.1. The molecule has 2 heterocycles. The predicted octanol–water partition coefficient (Wildman–Crippen LogP) is 6.58. The molecule has 2 aliphatic heterocycles. The van der Waals surface area contributed by atoms with E-state index in [0.717, 1.165) is 11.5 Å². The Morgan fingerprint density at radius 2 is 1.32 bits per heavy atom. The molecular weight excluding hydrogens is 462 g/mol. The molecule has 0 radical (unpaired) electrons. The van der Waals surface area contributed by atoms with Crippen molar-refractivity contribution in [3.8, 4) is 11.5 Å². The average Bonchev–Trinajstić information content (AvgIpc) is 2.74. The van der Waals surface area contributed by atoms with Crippen molar-refractivity contribution in [3.63, 3.8) is 0 Å². The molecular formula is C20H26O2P2S4. The van der Waals surface area contributed by atoms with Crippen LogP contribution >= 0.6 is 36.9 Å². The third-order valence-electron chi connectivity index (χ3n) is 4.60. The maximum atomic E-state index is 5.25. The Morgan fingerprint density at radius 1 is 0.821 bits per heavy atom. The molecule has 2 saturated heterocycles. The number of benzene rings is 2. The van der Waals surface area contributed by atoms with Crippen LogP contribution in [0.3, 0.4) is 0 Å². The fourth-order valence-electron chi connectivity index (χ4n) is 2.93. The van der Waals surface area contributed by atoms with Crippen molar-refractivity contribution >= 4 is 60.5 Å². The Bertz CT molecular complexity index is 736. The largest absolute Gasteiger partial charge is 0.497 e. The van der Waals surface area contributed by atoms with Crippen LogP contribution in [0, 0.1) is 0 Å². The van der Waals surface area contributed by atoms with E-state index < -0.39 is 0 Å². The van der Waals surface area contributed by atoms with Gasteiger partial charge in [-0.2, -0.15) is 0 Å². The molecule has 0 amide bonds. The summed E-state index contributed by atoms with van der Waals surface area (Å²) in [5, 5.41) is 0.555. The molecule has 2 fully saturated rings. The Morgan fingerprint density at radius 3 is 1.75 bits per heavy atom. The molecule has 2 aromatic carbocycles. The molecule has 0 N–H and O–H groups in total. The minimum absolute atomic E-state index is 0.218. The minimum Gasteiger partial charge on any atom is -0.497 e. The van der Waals surface area contributed by atoms with Gasteiger partial charge in [0.05, 0.1) is 18.8 Å². The van der Waals surface area contributed by atoms with Gasteiger partial charge in [0, 0.05) is 17.1 Å². The minimum atomic E-state index is -0.218. The number of hydrogen-bond acceptors (Lipinski definition) is 6. The van der Waals surface area contributed by atoms with E-state index in [2.05, 4.69) is 36.4 Å². The molecule has 2 nitrogen and oxygen atoms in total. The predicted molar refractivity (Wildman–Crippen MR) is 137 cm³/mol. The maximum Gasteiger partial charge on any atom is 0.118 e. The van der Waals surface area contributed by atoms with E-state index in [9.17, 15) is 0 Å². The van der Waals surface area contributed by atoms with Crippen molar-refractivity contribution in [3.05, 3.63) is 59.7 Å². The van der Waals surface area contributed by atoms with Gasteiger partial charge in [-0.05, 0) is 61.0 Å². The zero-order chi connectivity index (χ0) is 19.9. The molecule has 152 valence electrons. The first-order chi connectivity index (χ1) is 13.6. The number of ether oxygens (including phenoxy) is 2. The fourth-order valence-corrected chi connectivity index (χ4v) is 17.2. The van der Waals surface area contributed by atoms with Gasteiger partial charge in [-0.15, -0.1) is 47.1 Å². The number of methoxy groups -OCH3 is 2. The summed E-state index contributed by atoms with van der Waals surface area (Å²) in [6.07, 6.45) is 1.22. The van der Waals surface area contributed by atoms with Crippen LogP contribution in [-0.4, -0.2) is 31.8 Å². The SMILES string of the molecule is COc1ccc(C2CCSC(c3ccc(OC)cc3)S2)cc1.S=[PH]1C[PH](=S)C1. The van der Waals surface area contributed by atoms with Crippen LogP contribution in [0.2, 0.25) is 0 Å². The highest BCUT2D eigenvalue weighted by atomic mass is 32.5. The van der Waals surface area contributed by atoms with E-state index in [1.54, 1.807) is 14.2 Å². The van der Waals surface area contributed by atoms with Gasteiger partial charge in [-0.3, -0.25) is 0 Å². The second kappa shape index (κ2) is 11.4. The average molecular weight is 489 g/mol. The second-order valence-electron chi connectivity index (χ2n) is 6.59. The van der Waals surface area contributed by atoms with Crippen LogP contribution in [0.25, 0.3) is 0 Å². The first kappa shape index (κ1) is 22.7. The summed E-state index contributed by atoms with van der Waals surface area (Å²) in [5.74, 6) is 5.65. The van der Waals surface area contributed by atoms with E-state index in [1.807, 2.05) is 35.7 Å². The van der Waals surface area contributed by atoms with Crippen LogP contribution in [0.4, 0.5) is 0 Å². The molecule has 4 rings (SSSR count). The van der Waals surface area contributed by atoms with E-state index in [1.165, 1.54) is 35.1 Å². The number of rotatable bonds is 4. The topological polar surface area (TPSA) is 18.5 Å². The molecule has 8 heteroatoms. The first-order valence-electron chi connectivity index (χ1n) is 9.17. The highest BCUT2D eigenvalue weighted by Gasteiger charge is 2.25. The molecule has 28 heavy (non-hydrogen) atoms. The first-order valence-corrected chi connectivity index (χ1v) is 17.3. The quantitative estimate of drug-likeness (QED) is 0.449. The zero-order valence-corrected chi connectivity index (χ0v) is 21.3. The summed E-state index contributed by atoms with van der Waals surface area (Å²) < 4.78 is 11.0. The highest BCUT2D eigenvalue weighted by Crippen LogP contribution is 2.54. The molecule has 2 aliphatic rings. The van der Waals surface area contributed by atoms with E-state index in [4.69, 9.17) is 33.1 Å². The van der Waals surface area contributed by atoms with Crippen molar-refractivity contribution in [2.75, 3.05) is 31.8 Å². The van der Waals surface area contributed by atoms with Crippen LogP contribution in [0.1, 0.15) is 27.4 Å². The van der Waals surface area contributed by atoms with Crippen molar-refractivity contribution in [2.45, 2.75) is 16.3 Å². The lowest BCUT2D eigenvalue weighted by molar-refractivity contribution is 0.414. The lowest BCUT2D eigenvalue weighted by Crippen LogP contribution is -2.06. The maximum absolute atomic E-state index is 5.25. The molecule has 0 bridgehead atoms. The van der Waals surface area contributed by atoms with Gasteiger partial charge in [0.2, 0.25) is 0 Å². The Kier molecular flexibility index (Phi) is 9.28. The lowest BCUT2D eigenvalue weighted by Gasteiger charge is -2.29. The molecule has 2 unspecified atom stereocenters. The summed E-state index contributed by atoms with van der Waals surface area (Å²) in [6.45, 7) is -0.435. The van der Waals surface area contributed by atoms with Crippen LogP contribution < -0.4 is 9.47 Å². The Labute approximate surface area is 188 Å². The van der Waals surface area contributed by atoms with Crippen LogP contribution in [0.15, 0.2) is 48.5 Å². The highest BCUT2D eigenvalue weighted by molar-refractivity contribution is 8.23. The summed E-state index contributed by atoms with van der Waals surface area (Å²) in [6, 6.07) is 17.0. The smallest absolute Gasteiger partial charge is 0.118 e. The summed E-state index contributed by atoms with van der Waals surface area (Å²) in [7, 11) is 3.42. The van der Waals surface area contributed by atoms with E-state index >= 15 is 0 Å². The summed E-state index contributed by atoms with van der Waals surface area (Å²) in [4.78, 5) is 0. The fraction of sp³-hybridized carbons (Fsp3) is 0.400. The molecule has 0 saturated carbocycles. The Hall–Kier alpha value is 0.0400. The van der Waals surface area contributed by atoms with Crippen LogP contribution in [-0.2, 0) is 23.6 Å². The van der Waals surface area contributed by atoms with Gasteiger partial charge in [-0.1, -0.05) is 24.3 Å². The molecule has 0 aliphatic carbocycles. The van der Waals surface area contributed by atoms with Gasteiger partial charge in [-0.25, -0.2) is 0 Å². The van der Waals surface area contributed by atoms with E-state index in [0.29, 0.717) is 9.83 Å². The molecule has 0 aromatic heterocycles. The summed E-state index contributed by atoms with van der Waals surface area (Å²) >= 11 is 14.1. The van der Waals surface area contributed by atoms with Crippen molar-refractivity contribution < 1.29 is 9.47 Å². The Balaban J connectivity index is 0.000000320. The molecule has 2 aromatic rings. The van der Waals surface area contributed by atoms with Crippen molar-refractivity contribution in [2.24, 2.45) is 0 Å². The van der Waals surface area contributed by atoms with Crippen LogP contribution in [0.5, 0.6) is 11.5 Å². The summed E-state index contributed by atoms with van der Waals surface area (Å²) in [5.41, 5.74) is 2.76. The monoisotopic (exact) mass is 488 g/mol. The second-order valence-corrected chi connectivity index (χ2v) is 17.9. The number of hydrogen-bond donors (Lipinski definition) is 0. The normalized spacial score (nSPS) is 26.4. The van der Waals surface area contributed by atoms with Gasteiger partial charge >= 0.3 is 0 Å². The molecule has 2 atom stereocenters. The molecule has 0 spiro atoms. The van der Waals surface area contributed by atoms with Gasteiger partial charge < -0.3 is 9.47 Å². The third kappa shape index (κ3) is 6.52. The van der Waals surface area contributed by atoms with Crippen molar-refractivity contribution in [1.82, 2.24) is 0 Å². The third-order valence-corrected chi connectivity index (χ3v) is 19.3. The van der Waals surface area contributed by atoms with Gasteiger partial charge in [0.1, 0.15) is 11.5 Å². The van der Waals surface area contributed by atoms with Gasteiger partial charge in [0.15, 0.2) is 0 Å². The van der Waals surface area contributed by atoms with Gasteiger partial charge in [0.25, 0.3) is 0 Å². The van der Waals surface area contributed by atoms with E-state index in [-0.39, 0.29) is 13.4 Å².